The topological polar surface area (TPSA) is 110 Å². The van der Waals surface area contributed by atoms with Gasteiger partial charge < -0.3 is 5.32 Å². The summed E-state index contributed by atoms with van der Waals surface area (Å²) in [4.78, 5) is 9.65. The van der Waals surface area contributed by atoms with Crippen molar-refractivity contribution < 1.29 is 4.39 Å². The van der Waals surface area contributed by atoms with Crippen LogP contribution in [0, 0.1) is 19.7 Å². The Bertz CT molecular complexity index is 1090. The lowest BCUT2D eigenvalue weighted by molar-refractivity contribution is 0.590. The summed E-state index contributed by atoms with van der Waals surface area (Å²) in [5, 5.41) is 22.0. The van der Waals surface area contributed by atoms with Crippen molar-refractivity contribution in [1.29, 1.82) is 0 Å². The predicted molar refractivity (Wildman–Crippen MR) is 95.5 cm³/mol. The number of anilines is 1. The molecule has 0 unspecified atom stereocenters. The molecule has 1 aromatic carbocycles. The smallest absolute Gasteiger partial charge is 0.242 e. The average Bonchev–Trinajstić information content (AvgIpc) is 3.32. The van der Waals surface area contributed by atoms with Gasteiger partial charge in [-0.05, 0) is 48.4 Å². The fourth-order valence-corrected chi connectivity index (χ4v) is 2.52. The van der Waals surface area contributed by atoms with Crippen LogP contribution in [0.3, 0.4) is 0 Å². The predicted octanol–water partition coefficient (Wildman–Crippen LogP) is 2.21. The summed E-state index contributed by atoms with van der Waals surface area (Å²) in [5.41, 5.74) is 3.07. The summed E-state index contributed by atoms with van der Waals surface area (Å²) < 4.78 is 13.9. The van der Waals surface area contributed by atoms with Crippen LogP contribution in [-0.2, 0) is 6.54 Å². The van der Waals surface area contributed by atoms with E-state index in [9.17, 15) is 4.39 Å². The normalized spacial score (nSPS) is 10.9. The van der Waals surface area contributed by atoms with E-state index in [1.807, 2.05) is 19.9 Å². The summed E-state index contributed by atoms with van der Waals surface area (Å²) in [6.07, 6.45) is 3.45. The van der Waals surface area contributed by atoms with Crippen LogP contribution in [0.4, 0.5) is 10.3 Å². The molecule has 0 fully saturated rings. The zero-order valence-corrected chi connectivity index (χ0v) is 14.7. The zero-order valence-electron chi connectivity index (χ0n) is 14.7. The molecule has 0 radical (unpaired) electrons. The quantitative estimate of drug-likeness (QED) is 0.558. The molecule has 3 heterocycles. The van der Waals surface area contributed by atoms with Gasteiger partial charge in [0, 0.05) is 18.0 Å². The van der Waals surface area contributed by atoms with Crippen LogP contribution < -0.4 is 5.32 Å². The fraction of sp³-hybridized carbons (Fsp3) is 0.176. The minimum Gasteiger partial charge on any atom is -0.345 e. The lowest BCUT2D eigenvalue weighted by Gasteiger charge is -2.01. The monoisotopic (exact) mass is 365 g/mol. The third-order valence-corrected chi connectivity index (χ3v) is 3.96. The number of nitrogens with one attached hydrogen (secondary N) is 2. The average molecular weight is 365 g/mol. The van der Waals surface area contributed by atoms with Gasteiger partial charge in [0.15, 0.2) is 17.5 Å². The first kappa shape index (κ1) is 16.8. The van der Waals surface area contributed by atoms with Crippen molar-refractivity contribution in [2.75, 3.05) is 5.32 Å². The number of hydrogen-bond acceptors (Lipinski definition) is 7. The van der Waals surface area contributed by atoms with E-state index in [1.54, 1.807) is 24.5 Å². The molecule has 0 aliphatic carbocycles. The van der Waals surface area contributed by atoms with Gasteiger partial charge in [-0.25, -0.2) is 4.39 Å². The Morgan fingerprint density at radius 2 is 2.11 bits per heavy atom. The molecule has 4 rings (SSSR count). The van der Waals surface area contributed by atoms with E-state index in [0.717, 1.165) is 16.7 Å². The molecule has 10 heteroatoms. The number of H-pyrrole nitrogens is 1. The van der Waals surface area contributed by atoms with Crippen LogP contribution in [0.5, 0.6) is 0 Å². The van der Waals surface area contributed by atoms with Crippen LogP contribution >= 0.6 is 0 Å². The number of benzene rings is 1. The number of tetrazole rings is 1. The molecule has 0 aliphatic heterocycles. The molecule has 0 saturated carbocycles. The Kier molecular flexibility index (Phi) is 4.29. The van der Waals surface area contributed by atoms with Gasteiger partial charge in [0.2, 0.25) is 5.95 Å². The van der Waals surface area contributed by atoms with E-state index in [0.29, 0.717) is 17.6 Å². The highest BCUT2D eigenvalue weighted by Crippen LogP contribution is 2.19. The van der Waals surface area contributed by atoms with Crippen LogP contribution in [0.2, 0.25) is 0 Å². The first-order valence-electron chi connectivity index (χ1n) is 8.23. The second-order valence-corrected chi connectivity index (χ2v) is 6.00. The minimum atomic E-state index is -0.414. The third kappa shape index (κ3) is 3.50. The molecule has 136 valence electrons. The molecule has 27 heavy (non-hydrogen) atoms. The maximum Gasteiger partial charge on any atom is 0.242 e. The Morgan fingerprint density at radius 1 is 1.22 bits per heavy atom. The first-order chi connectivity index (χ1) is 13.1. The summed E-state index contributed by atoms with van der Waals surface area (Å²) in [6.45, 7) is 4.09. The molecule has 2 N–H and O–H groups in total. The SMILES string of the molecule is Cc1ccc(F)c(-n2nnc(CNc3n[nH]c(-c4cnccc4C)n3)n2)c1. The lowest BCUT2D eigenvalue weighted by atomic mass is 10.1. The maximum absolute atomic E-state index is 13.9. The molecule has 9 nitrogen and oxygen atoms in total. The Balaban J connectivity index is 1.47. The first-order valence-corrected chi connectivity index (χ1v) is 8.23. The van der Waals surface area contributed by atoms with Gasteiger partial charge in [0.1, 0.15) is 5.69 Å². The summed E-state index contributed by atoms with van der Waals surface area (Å²) in [6, 6.07) is 6.62. The van der Waals surface area contributed by atoms with Crippen LogP contribution in [0.25, 0.3) is 17.1 Å². The minimum absolute atomic E-state index is 0.247. The van der Waals surface area contributed by atoms with Crippen molar-refractivity contribution >= 4 is 5.95 Å². The molecule has 0 bridgehead atoms. The van der Waals surface area contributed by atoms with Gasteiger partial charge in [-0.1, -0.05) is 6.07 Å². The number of hydrogen-bond donors (Lipinski definition) is 2. The number of aromatic nitrogens is 8. The zero-order chi connectivity index (χ0) is 18.8. The molecule has 0 aliphatic rings. The second-order valence-electron chi connectivity index (χ2n) is 6.00. The largest absolute Gasteiger partial charge is 0.345 e. The van der Waals surface area contributed by atoms with Crippen molar-refractivity contribution in [2.24, 2.45) is 0 Å². The van der Waals surface area contributed by atoms with Crippen molar-refractivity contribution in [1.82, 2.24) is 40.4 Å². The van der Waals surface area contributed by atoms with Gasteiger partial charge in [0.05, 0.1) is 6.54 Å². The van der Waals surface area contributed by atoms with Crippen LogP contribution in [-0.4, -0.2) is 40.4 Å². The molecule has 3 aromatic heterocycles. The van der Waals surface area contributed by atoms with Crippen molar-refractivity contribution in [3.63, 3.8) is 0 Å². The summed E-state index contributed by atoms with van der Waals surface area (Å²) in [5.74, 6) is 0.982. The maximum atomic E-state index is 13.9. The number of aryl methyl sites for hydroxylation is 2. The number of rotatable bonds is 5. The Labute approximate surface area is 153 Å². The van der Waals surface area contributed by atoms with E-state index in [4.69, 9.17) is 0 Å². The number of aromatic amines is 1. The summed E-state index contributed by atoms with van der Waals surface area (Å²) in [7, 11) is 0. The van der Waals surface area contributed by atoms with E-state index >= 15 is 0 Å². The number of nitrogens with zero attached hydrogens (tertiary/aromatic N) is 7. The van der Waals surface area contributed by atoms with Gasteiger partial charge in [0.25, 0.3) is 0 Å². The van der Waals surface area contributed by atoms with E-state index < -0.39 is 5.82 Å². The molecule has 0 spiro atoms. The van der Waals surface area contributed by atoms with Gasteiger partial charge in [-0.2, -0.15) is 4.98 Å². The Hall–Kier alpha value is -3.69. The van der Waals surface area contributed by atoms with E-state index in [1.165, 1.54) is 10.9 Å². The summed E-state index contributed by atoms with van der Waals surface area (Å²) >= 11 is 0. The van der Waals surface area contributed by atoms with Gasteiger partial charge in [-0.3, -0.25) is 10.1 Å². The van der Waals surface area contributed by atoms with Crippen LogP contribution in [0.1, 0.15) is 17.0 Å². The molecule has 0 atom stereocenters. The highest BCUT2D eigenvalue weighted by Gasteiger charge is 2.12. The van der Waals surface area contributed by atoms with Crippen LogP contribution in [0.15, 0.2) is 36.7 Å². The van der Waals surface area contributed by atoms with Crippen molar-refractivity contribution in [3.8, 4) is 17.1 Å². The van der Waals surface area contributed by atoms with Gasteiger partial charge in [-0.15, -0.1) is 20.1 Å². The van der Waals surface area contributed by atoms with Crippen molar-refractivity contribution in [2.45, 2.75) is 20.4 Å². The van der Waals surface area contributed by atoms with Gasteiger partial charge >= 0.3 is 0 Å². The second kappa shape index (κ2) is 6.90. The molecular formula is C17H16FN9. The standard InChI is InChI=1S/C17H16FN9/c1-10-3-4-13(18)14(7-10)27-25-15(22-26-27)9-20-17-21-16(23-24-17)12-8-19-6-5-11(12)2/h3-8H,9H2,1-2H3,(H2,20,21,23,24). The number of pyridine rings is 1. The molecule has 0 amide bonds. The third-order valence-electron chi connectivity index (χ3n) is 3.96. The molecule has 4 aromatic rings. The Morgan fingerprint density at radius 3 is 2.96 bits per heavy atom. The molecule has 0 saturated heterocycles. The highest BCUT2D eigenvalue weighted by atomic mass is 19.1. The highest BCUT2D eigenvalue weighted by molar-refractivity contribution is 5.59. The fourth-order valence-electron chi connectivity index (χ4n) is 2.52. The lowest BCUT2D eigenvalue weighted by Crippen LogP contribution is -2.05. The van der Waals surface area contributed by atoms with E-state index in [-0.39, 0.29) is 12.2 Å². The van der Waals surface area contributed by atoms with E-state index in [2.05, 4.69) is 40.9 Å². The van der Waals surface area contributed by atoms with Crippen molar-refractivity contribution in [3.05, 3.63) is 59.4 Å². The number of halogens is 1. The molecular weight excluding hydrogens is 349 g/mol.